The van der Waals surface area contributed by atoms with Gasteiger partial charge in [0.15, 0.2) is 11.5 Å². The van der Waals surface area contributed by atoms with Crippen LogP contribution in [0.1, 0.15) is 0 Å². The zero-order chi connectivity index (χ0) is 14.8. The smallest absolute Gasteiger partial charge is 0.160 e. The Balaban J connectivity index is 2.06. The molecule has 0 amide bonds. The Morgan fingerprint density at radius 1 is 1.10 bits per heavy atom. The molecule has 0 aliphatic carbocycles. The van der Waals surface area contributed by atoms with Crippen LogP contribution in [-0.2, 0) is 0 Å². The molecule has 2 aromatic carbocycles. The highest BCUT2D eigenvalue weighted by Gasteiger charge is 2.10. The van der Waals surface area contributed by atoms with E-state index in [1.165, 1.54) is 19.2 Å². The first-order valence-electron chi connectivity index (χ1n) is 6.36. The summed E-state index contributed by atoms with van der Waals surface area (Å²) in [7, 11) is 1.50. The minimum absolute atomic E-state index is 0.0573. The molecule has 3 aromatic rings. The maximum Gasteiger partial charge on any atom is 0.160 e. The number of hydrogen-bond acceptors (Lipinski definition) is 3. The first kappa shape index (κ1) is 13.2. The molecule has 5 heteroatoms. The van der Waals surface area contributed by atoms with Gasteiger partial charge in [-0.2, -0.15) is 5.10 Å². The van der Waals surface area contributed by atoms with Crippen LogP contribution < -0.4 is 4.74 Å². The average molecular weight is 284 g/mol. The molecule has 0 atom stereocenters. The number of halogens is 1. The summed E-state index contributed by atoms with van der Waals surface area (Å²) >= 11 is 0. The molecular weight excluding hydrogens is 271 g/mol. The summed E-state index contributed by atoms with van der Waals surface area (Å²) in [5, 5.41) is 14.1. The van der Waals surface area contributed by atoms with Crippen LogP contribution in [0.15, 0.2) is 54.7 Å². The molecular formula is C16H13FN2O2. The lowest BCUT2D eigenvalue weighted by molar-refractivity contribution is 0.373. The highest BCUT2D eigenvalue weighted by atomic mass is 19.1. The summed E-state index contributed by atoms with van der Waals surface area (Å²) in [6.07, 6.45) is 1.65. The monoisotopic (exact) mass is 284 g/mol. The Kier molecular flexibility index (Phi) is 3.31. The van der Waals surface area contributed by atoms with Crippen molar-refractivity contribution in [3.63, 3.8) is 0 Å². The molecule has 106 valence electrons. The standard InChI is InChI=1S/C16H13FN2O2/c1-21-16-7-2-11(10-15(16)20)14-8-9-18-19(14)13-5-3-12(17)4-6-13/h2-10,20H,1H3. The van der Waals surface area contributed by atoms with Gasteiger partial charge < -0.3 is 9.84 Å². The van der Waals surface area contributed by atoms with Crippen LogP contribution in [0.25, 0.3) is 16.9 Å². The van der Waals surface area contributed by atoms with Gasteiger partial charge in [-0.3, -0.25) is 0 Å². The van der Waals surface area contributed by atoms with E-state index in [9.17, 15) is 9.50 Å². The van der Waals surface area contributed by atoms with E-state index < -0.39 is 0 Å². The summed E-state index contributed by atoms with van der Waals surface area (Å²) in [6.45, 7) is 0. The number of rotatable bonds is 3. The Morgan fingerprint density at radius 2 is 1.86 bits per heavy atom. The Labute approximate surface area is 121 Å². The fraction of sp³-hybridized carbons (Fsp3) is 0.0625. The second kappa shape index (κ2) is 5.28. The molecule has 1 heterocycles. The van der Waals surface area contributed by atoms with Gasteiger partial charge in [-0.05, 0) is 48.5 Å². The van der Waals surface area contributed by atoms with Gasteiger partial charge in [0.25, 0.3) is 0 Å². The van der Waals surface area contributed by atoms with Gasteiger partial charge in [0, 0.05) is 5.56 Å². The van der Waals surface area contributed by atoms with Gasteiger partial charge in [-0.25, -0.2) is 9.07 Å². The van der Waals surface area contributed by atoms with Gasteiger partial charge in [0.05, 0.1) is 24.7 Å². The van der Waals surface area contributed by atoms with Gasteiger partial charge in [-0.1, -0.05) is 0 Å². The molecule has 1 N–H and O–H groups in total. The Hall–Kier alpha value is -2.82. The van der Waals surface area contributed by atoms with Crippen molar-refractivity contribution in [1.82, 2.24) is 9.78 Å². The molecule has 1 aromatic heterocycles. The minimum atomic E-state index is -0.297. The van der Waals surface area contributed by atoms with Crippen molar-refractivity contribution < 1.29 is 14.2 Å². The lowest BCUT2D eigenvalue weighted by Crippen LogP contribution is -1.99. The number of nitrogens with zero attached hydrogens (tertiary/aromatic N) is 2. The lowest BCUT2D eigenvalue weighted by Gasteiger charge is -2.09. The third-order valence-corrected chi connectivity index (χ3v) is 3.19. The second-order valence-corrected chi connectivity index (χ2v) is 4.49. The first-order chi connectivity index (χ1) is 10.2. The highest BCUT2D eigenvalue weighted by Crippen LogP contribution is 2.32. The summed E-state index contributed by atoms with van der Waals surface area (Å²) in [6, 6.07) is 13.0. The highest BCUT2D eigenvalue weighted by molar-refractivity contribution is 5.65. The van der Waals surface area contributed by atoms with Crippen LogP contribution >= 0.6 is 0 Å². The van der Waals surface area contributed by atoms with Gasteiger partial charge in [-0.15, -0.1) is 0 Å². The van der Waals surface area contributed by atoms with Crippen molar-refractivity contribution in [2.45, 2.75) is 0 Å². The van der Waals surface area contributed by atoms with E-state index in [1.54, 1.807) is 35.1 Å². The Bertz CT molecular complexity index is 766. The van der Waals surface area contributed by atoms with Crippen LogP contribution in [0.4, 0.5) is 4.39 Å². The van der Waals surface area contributed by atoms with E-state index in [4.69, 9.17) is 4.74 Å². The third-order valence-electron chi connectivity index (χ3n) is 3.19. The van der Waals surface area contributed by atoms with E-state index in [0.717, 1.165) is 16.9 Å². The van der Waals surface area contributed by atoms with E-state index in [-0.39, 0.29) is 11.6 Å². The molecule has 0 radical (unpaired) electrons. The average Bonchev–Trinajstić information content (AvgIpc) is 2.97. The zero-order valence-corrected chi connectivity index (χ0v) is 11.3. The minimum Gasteiger partial charge on any atom is -0.504 e. The van der Waals surface area contributed by atoms with Crippen molar-refractivity contribution in [2.24, 2.45) is 0 Å². The van der Waals surface area contributed by atoms with E-state index in [1.807, 2.05) is 12.1 Å². The summed E-state index contributed by atoms with van der Waals surface area (Å²) in [5.41, 5.74) is 2.32. The molecule has 0 fully saturated rings. The van der Waals surface area contributed by atoms with Crippen LogP contribution in [0.5, 0.6) is 11.5 Å². The number of phenolic OH excluding ortho intramolecular Hbond substituents is 1. The number of ether oxygens (including phenoxy) is 1. The molecule has 0 bridgehead atoms. The van der Waals surface area contributed by atoms with Gasteiger partial charge in [0.1, 0.15) is 5.82 Å². The lowest BCUT2D eigenvalue weighted by atomic mass is 10.1. The largest absolute Gasteiger partial charge is 0.504 e. The van der Waals surface area contributed by atoms with Crippen LogP contribution in [0.3, 0.4) is 0 Å². The van der Waals surface area contributed by atoms with Gasteiger partial charge >= 0.3 is 0 Å². The number of benzene rings is 2. The predicted octanol–water partition coefficient (Wildman–Crippen LogP) is 3.39. The molecule has 0 unspecified atom stereocenters. The number of hydrogen-bond donors (Lipinski definition) is 1. The molecule has 0 saturated heterocycles. The Morgan fingerprint density at radius 3 is 2.52 bits per heavy atom. The number of phenols is 1. The number of aromatic nitrogens is 2. The number of methoxy groups -OCH3 is 1. The topological polar surface area (TPSA) is 47.3 Å². The molecule has 21 heavy (non-hydrogen) atoms. The van der Waals surface area contributed by atoms with E-state index >= 15 is 0 Å². The first-order valence-corrected chi connectivity index (χ1v) is 6.36. The normalized spacial score (nSPS) is 10.6. The zero-order valence-electron chi connectivity index (χ0n) is 11.3. The molecule has 0 aliphatic heterocycles. The maximum atomic E-state index is 13.0. The summed E-state index contributed by atoms with van der Waals surface area (Å²) in [5.74, 6) is 0.169. The SMILES string of the molecule is COc1ccc(-c2ccnn2-c2ccc(F)cc2)cc1O. The van der Waals surface area contributed by atoms with Crippen molar-refractivity contribution in [1.29, 1.82) is 0 Å². The maximum absolute atomic E-state index is 13.0. The van der Waals surface area contributed by atoms with E-state index in [2.05, 4.69) is 5.10 Å². The summed E-state index contributed by atoms with van der Waals surface area (Å²) in [4.78, 5) is 0. The van der Waals surface area contributed by atoms with Crippen molar-refractivity contribution in [3.05, 3.63) is 60.5 Å². The molecule has 4 nitrogen and oxygen atoms in total. The van der Waals surface area contributed by atoms with Crippen molar-refractivity contribution in [3.8, 4) is 28.4 Å². The number of aromatic hydroxyl groups is 1. The van der Waals surface area contributed by atoms with Crippen LogP contribution in [-0.4, -0.2) is 22.0 Å². The van der Waals surface area contributed by atoms with Crippen LogP contribution in [0.2, 0.25) is 0 Å². The third kappa shape index (κ3) is 2.45. The molecule has 0 saturated carbocycles. The molecule has 0 aliphatic rings. The fourth-order valence-electron chi connectivity index (χ4n) is 2.16. The molecule has 3 rings (SSSR count). The fourth-order valence-corrected chi connectivity index (χ4v) is 2.16. The van der Waals surface area contributed by atoms with Crippen molar-refractivity contribution >= 4 is 0 Å². The van der Waals surface area contributed by atoms with Crippen LogP contribution in [0, 0.1) is 5.82 Å². The molecule has 0 spiro atoms. The summed E-state index contributed by atoms with van der Waals surface area (Å²) < 4.78 is 19.7. The quantitative estimate of drug-likeness (QED) is 0.802. The van der Waals surface area contributed by atoms with Gasteiger partial charge in [0.2, 0.25) is 0 Å². The predicted molar refractivity (Wildman–Crippen MR) is 77.2 cm³/mol. The van der Waals surface area contributed by atoms with Crippen molar-refractivity contribution in [2.75, 3.05) is 7.11 Å². The second-order valence-electron chi connectivity index (χ2n) is 4.49. The van der Waals surface area contributed by atoms with E-state index in [0.29, 0.717) is 5.75 Å².